The van der Waals surface area contributed by atoms with E-state index in [9.17, 15) is 13.2 Å². The molecule has 6 heteroatoms. The summed E-state index contributed by atoms with van der Waals surface area (Å²) in [6, 6.07) is 14.2. The lowest BCUT2D eigenvalue weighted by molar-refractivity contribution is -0.137. The largest absolute Gasteiger partial charge is 0.416 e. The average Bonchev–Trinajstić information content (AvgIpc) is 2.84. The third-order valence-electron chi connectivity index (χ3n) is 7.13. The fraction of sp³-hybridized carbons (Fsp3) is 0.462. The van der Waals surface area contributed by atoms with E-state index < -0.39 is 11.7 Å². The smallest absolute Gasteiger partial charge is 0.373 e. The first-order valence-electron chi connectivity index (χ1n) is 11.3. The summed E-state index contributed by atoms with van der Waals surface area (Å²) in [4.78, 5) is 2.28. The van der Waals surface area contributed by atoms with Crippen LogP contribution in [0.2, 0.25) is 0 Å². The molecule has 0 saturated carbocycles. The van der Waals surface area contributed by atoms with Crippen molar-refractivity contribution in [3.05, 3.63) is 77.4 Å². The van der Waals surface area contributed by atoms with Crippen LogP contribution < -0.4 is 5.32 Å². The first-order chi connectivity index (χ1) is 15.3. The Labute approximate surface area is 188 Å². The predicted molar refractivity (Wildman–Crippen MR) is 121 cm³/mol. The summed E-state index contributed by atoms with van der Waals surface area (Å²) in [6.07, 6.45) is -0.557. The number of alkyl halides is 3. The first-order valence-corrected chi connectivity index (χ1v) is 11.3. The zero-order chi connectivity index (χ0) is 22.8. The second kappa shape index (κ2) is 9.28. The maximum Gasteiger partial charge on any atom is 0.416 e. The van der Waals surface area contributed by atoms with E-state index in [0.29, 0.717) is 0 Å². The third kappa shape index (κ3) is 4.71. The van der Waals surface area contributed by atoms with Crippen molar-refractivity contribution in [3.63, 3.8) is 0 Å². The molecule has 2 aliphatic rings. The number of halogens is 3. The molecule has 2 fully saturated rings. The van der Waals surface area contributed by atoms with Gasteiger partial charge in [-0.25, -0.2) is 0 Å². The lowest BCUT2D eigenvalue weighted by atomic mass is 9.84. The van der Waals surface area contributed by atoms with Crippen molar-refractivity contribution in [1.82, 2.24) is 10.2 Å². The van der Waals surface area contributed by atoms with Crippen LogP contribution in [-0.2, 0) is 16.5 Å². The molecule has 0 amide bonds. The zero-order valence-corrected chi connectivity index (χ0v) is 18.5. The van der Waals surface area contributed by atoms with Crippen LogP contribution in [-0.4, -0.2) is 38.2 Å². The van der Waals surface area contributed by atoms with Crippen molar-refractivity contribution >= 4 is 5.70 Å². The molecule has 3 nitrogen and oxygen atoms in total. The summed E-state index contributed by atoms with van der Waals surface area (Å²) in [6.45, 7) is 7.93. The van der Waals surface area contributed by atoms with Gasteiger partial charge in [0.05, 0.1) is 11.2 Å². The van der Waals surface area contributed by atoms with Crippen molar-refractivity contribution in [2.75, 3.05) is 33.3 Å². The highest BCUT2D eigenvalue weighted by Crippen LogP contribution is 2.36. The van der Waals surface area contributed by atoms with Crippen LogP contribution in [0.4, 0.5) is 13.2 Å². The zero-order valence-electron chi connectivity index (χ0n) is 18.5. The topological polar surface area (TPSA) is 24.5 Å². The summed E-state index contributed by atoms with van der Waals surface area (Å²) >= 11 is 0. The number of likely N-dealkylation sites (tertiary alicyclic amines) is 1. The fourth-order valence-corrected chi connectivity index (χ4v) is 5.02. The number of benzene rings is 2. The van der Waals surface area contributed by atoms with Crippen LogP contribution in [0.3, 0.4) is 0 Å². The van der Waals surface area contributed by atoms with Crippen LogP contribution in [0.15, 0.2) is 55.1 Å². The van der Waals surface area contributed by atoms with Gasteiger partial charge in [-0.1, -0.05) is 43.0 Å². The van der Waals surface area contributed by atoms with Crippen molar-refractivity contribution < 1.29 is 17.9 Å². The summed E-state index contributed by atoms with van der Waals surface area (Å²) in [5, 5.41) is 3.39. The van der Waals surface area contributed by atoms with Gasteiger partial charge in [-0.3, -0.25) is 0 Å². The molecule has 2 aromatic carbocycles. The van der Waals surface area contributed by atoms with E-state index in [1.807, 2.05) is 0 Å². The SMILES string of the molecule is C=C(c1ccc(C2(OC)CCNCC2)cc1)N1CCC(c2ccc(C(F)(F)F)cc2)CC1. The highest BCUT2D eigenvalue weighted by atomic mass is 19.4. The average molecular weight is 445 g/mol. The second-order valence-electron chi connectivity index (χ2n) is 8.85. The van der Waals surface area contributed by atoms with Gasteiger partial charge in [0.2, 0.25) is 0 Å². The van der Waals surface area contributed by atoms with Gasteiger partial charge in [0.25, 0.3) is 0 Å². The summed E-state index contributed by atoms with van der Waals surface area (Å²) in [5.41, 5.74) is 3.49. The van der Waals surface area contributed by atoms with E-state index in [1.165, 1.54) is 17.7 Å². The molecule has 0 unspecified atom stereocenters. The minimum absolute atomic E-state index is 0.217. The molecule has 172 valence electrons. The van der Waals surface area contributed by atoms with Crippen molar-refractivity contribution in [1.29, 1.82) is 0 Å². The molecule has 0 bridgehead atoms. The van der Waals surface area contributed by atoms with Crippen molar-refractivity contribution in [2.45, 2.75) is 43.4 Å². The van der Waals surface area contributed by atoms with Gasteiger partial charge >= 0.3 is 6.18 Å². The first kappa shape index (κ1) is 22.9. The molecule has 0 spiro atoms. The summed E-state index contributed by atoms with van der Waals surface area (Å²) in [5.74, 6) is 0.283. The van der Waals surface area contributed by atoms with Gasteiger partial charge in [-0.05, 0) is 73.5 Å². The Balaban J connectivity index is 1.37. The minimum atomic E-state index is -4.29. The Hall–Kier alpha value is -2.31. The van der Waals surface area contributed by atoms with Crippen LogP contribution >= 0.6 is 0 Å². The lowest BCUT2D eigenvalue weighted by Gasteiger charge is -2.37. The van der Waals surface area contributed by atoms with Gasteiger partial charge in [0, 0.05) is 25.9 Å². The quantitative estimate of drug-likeness (QED) is 0.633. The Morgan fingerprint density at radius 1 is 1.00 bits per heavy atom. The van der Waals surface area contributed by atoms with Crippen LogP contribution in [0, 0.1) is 0 Å². The molecule has 0 atom stereocenters. The van der Waals surface area contributed by atoms with Gasteiger partial charge in [-0.2, -0.15) is 13.2 Å². The molecule has 4 rings (SSSR count). The number of nitrogens with one attached hydrogen (secondary N) is 1. The summed E-state index contributed by atoms with van der Waals surface area (Å²) in [7, 11) is 1.79. The number of methoxy groups -OCH3 is 1. The highest BCUT2D eigenvalue weighted by molar-refractivity contribution is 5.62. The Kier molecular flexibility index (Phi) is 6.63. The maximum absolute atomic E-state index is 12.8. The molecule has 0 aliphatic carbocycles. The molecular weight excluding hydrogens is 413 g/mol. The number of rotatable bonds is 5. The van der Waals surface area contributed by atoms with Crippen LogP contribution in [0.1, 0.15) is 53.9 Å². The molecule has 1 N–H and O–H groups in total. The van der Waals surface area contributed by atoms with E-state index in [2.05, 4.69) is 41.1 Å². The highest BCUT2D eigenvalue weighted by Gasteiger charge is 2.34. The molecular formula is C26H31F3N2O. The molecule has 32 heavy (non-hydrogen) atoms. The Morgan fingerprint density at radius 3 is 2.12 bits per heavy atom. The monoisotopic (exact) mass is 444 g/mol. The molecule has 2 aromatic rings. The van der Waals surface area contributed by atoms with Gasteiger partial charge in [-0.15, -0.1) is 0 Å². The standard InChI is InChI=1S/C26H31F3N2O/c1-19(20-3-7-23(8-4-20)25(32-2)13-15-30-16-14-25)31-17-11-22(12-18-31)21-5-9-24(10-6-21)26(27,28)29/h3-10,22,30H,1,11-18H2,2H3. The lowest BCUT2D eigenvalue weighted by Crippen LogP contribution is -2.41. The van der Waals surface area contributed by atoms with Crippen LogP contribution in [0.5, 0.6) is 0 Å². The van der Waals surface area contributed by atoms with E-state index in [0.717, 1.165) is 68.7 Å². The van der Waals surface area contributed by atoms with Gasteiger partial charge in [0.15, 0.2) is 0 Å². The summed E-state index contributed by atoms with van der Waals surface area (Å²) < 4.78 is 44.4. The van der Waals surface area contributed by atoms with E-state index in [-0.39, 0.29) is 11.5 Å². The van der Waals surface area contributed by atoms with E-state index >= 15 is 0 Å². The molecule has 2 heterocycles. The van der Waals surface area contributed by atoms with E-state index in [4.69, 9.17) is 4.74 Å². The number of hydrogen-bond acceptors (Lipinski definition) is 3. The number of piperidine rings is 2. The number of nitrogens with zero attached hydrogens (tertiary/aromatic N) is 1. The van der Waals surface area contributed by atoms with Gasteiger partial charge < -0.3 is 15.0 Å². The molecule has 0 aromatic heterocycles. The number of hydrogen-bond donors (Lipinski definition) is 1. The Bertz CT molecular complexity index is 908. The van der Waals surface area contributed by atoms with Crippen molar-refractivity contribution in [2.24, 2.45) is 0 Å². The third-order valence-corrected chi connectivity index (χ3v) is 7.13. The molecule has 2 aliphatic heterocycles. The second-order valence-corrected chi connectivity index (χ2v) is 8.85. The fourth-order valence-electron chi connectivity index (χ4n) is 5.02. The van der Waals surface area contributed by atoms with E-state index in [1.54, 1.807) is 19.2 Å². The van der Waals surface area contributed by atoms with Crippen molar-refractivity contribution in [3.8, 4) is 0 Å². The number of ether oxygens (including phenoxy) is 1. The van der Waals surface area contributed by atoms with Gasteiger partial charge in [0.1, 0.15) is 0 Å². The molecule has 2 saturated heterocycles. The Morgan fingerprint density at radius 2 is 1.59 bits per heavy atom. The minimum Gasteiger partial charge on any atom is -0.373 e. The normalized spacial score (nSPS) is 19.7. The predicted octanol–water partition coefficient (Wildman–Crippen LogP) is 5.78. The maximum atomic E-state index is 12.8. The molecule has 0 radical (unpaired) electrons. The van der Waals surface area contributed by atoms with Crippen LogP contribution in [0.25, 0.3) is 5.70 Å².